The van der Waals surface area contributed by atoms with Crippen molar-refractivity contribution in [1.29, 1.82) is 5.41 Å². The van der Waals surface area contributed by atoms with Gasteiger partial charge >= 0.3 is 0 Å². The predicted molar refractivity (Wildman–Crippen MR) is 494 cm³/mol. The summed E-state index contributed by atoms with van der Waals surface area (Å²) in [5.41, 5.74) is 18.1. The van der Waals surface area contributed by atoms with Crippen molar-refractivity contribution in [2.75, 3.05) is 63.3 Å². The van der Waals surface area contributed by atoms with Crippen molar-refractivity contribution in [2.45, 2.75) is 234 Å². The number of nitrogens with one attached hydrogen (secondary N) is 15. The van der Waals surface area contributed by atoms with E-state index in [1.165, 1.54) is 50.7 Å². The molecule has 3 saturated heterocycles. The molecular formula is C91H122F2N24O18S. The number of amides is 17. The Labute approximate surface area is 786 Å². The van der Waals surface area contributed by atoms with Crippen LogP contribution in [-0.4, -0.2) is 299 Å². The number of aromatic nitrogens is 4. The Hall–Kier alpha value is -13.6. The first kappa shape index (κ1) is 103. The number of H-pyrrole nitrogens is 3. The third-order valence-corrected chi connectivity index (χ3v) is 26.4. The number of hydrogen-bond acceptors (Lipinski definition) is 21. The monoisotopic (exact) mass is 1910 g/mol. The van der Waals surface area contributed by atoms with E-state index in [1.54, 1.807) is 86.8 Å². The Morgan fingerprint density at radius 1 is 0.610 bits per heavy atom. The molecule has 4 fully saturated rings. The molecule has 4 aliphatic heterocycles. The van der Waals surface area contributed by atoms with Gasteiger partial charge in [0.15, 0.2) is 5.96 Å². The fourth-order valence-electron chi connectivity index (χ4n) is 18.2. The summed E-state index contributed by atoms with van der Waals surface area (Å²) < 4.78 is 32.8. The van der Waals surface area contributed by atoms with Crippen molar-refractivity contribution in [3.8, 4) is 0 Å². The summed E-state index contributed by atoms with van der Waals surface area (Å²) in [6, 6.07) is -1.39. The van der Waals surface area contributed by atoms with E-state index in [2.05, 4.69) is 78.4 Å². The normalized spacial score (nSPS) is 26.2. The minimum atomic E-state index is -3.79. The molecule has 3 aromatic heterocycles. The van der Waals surface area contributed by atoms with E-state index < -0.39 is 259 Å². The number of nitrogens with two attached hydrogens (primary N) is 3. The van der Waals surface area contributed by atoms with Crippen LogP contribution in [0, 0.1) is 17.2 Å². The summed E-state index contributed by atoms with van der Waals surface area (Å²) in [4.78, 5) is 270. The van der Waals surface area contributed by atoms with Crippen LogP contribution in [0.15, 0.2) is 97.7 Å². The summed E-state index contributed by atoms with van der Waals surface area (Å²) in [5.74, 6) is -23.1. The number of carbonyl (C=O) groups excluding carboxylic acids is 17. The van der Waals surface area contributed by atoms with Gasteiger partial charge in [-0.05, 0) is 105 Å². The molecule has 734 valence electrons. The molecule has 7 heterocycles. The molecule has 42 nitrogen and oxygen atoms in total. The van der Waals surface area contributed by atoms with E-state index in [0.29, 0.717) is 69.1 Å². The number of guanidine groups is 1. The molecule has 0 radical (unpaired) electrons. The molecule has 17 amide bonds. The molecule has 1 saturated carbocycles. The van der Waals surface area contributed by atoms with Gasteiger partial charge in [0.25, 0.3) is 11.8 Å². The number of benzene rings is 3. The van der Waals surface area contributed by atoms with Gasteiger partial charge in [0.05, 0.1) is 38.2 Å². The van der Waals surface area contributed by atoms with Gasteiger partial charge in [-0.2, -0.15) is 0 Å². The van der Waals surface area contributed by atoms with E-state index in [-0.39, 0.29) is 88.7 Å². The lowest BCUT2D eigenvalue weighted by atomic mass is 9.95. The van der Waals surface area contributed by atoms with Crippen LogP contribution in [0.1, 0.15) is 140 Å². The lowest BCUT2D eigenvalue weighted by molar-refractivity contribution is -0.150. The number of aromatic amines is 3. The van der Waals surface area contributed by atoms with Crippen molar-refractivity contribution in [1.82, 2.24) is 98.0 Å². The van der Waals surface area contributed by atoms with Crippen LogP contribution in [0.25, 0.3) is 21.8 Å². The maximum Gasteiger partial charge on any atom is 0.267 e. The minimum absolute atomic E-state index is 0.0101. The largest absolute Gasteiger partial charge is 0.394 e. The van der Waals surface area contributed by atoms with Gasteiger partial charge in [0, 0.05) is 117 Å². The number of nitrogens with zero attached hydrogens (tertiary/aromatic N) is 6. The smallest absolute Gasteiger partial charge is 0.267 e. The number of aliphatic hydroxyl groups excluding tert-OH is 1. The molecule has 2 bridgehead atoms. The molecule has 45 heteroatoms. The van der Waals surface area contributed by atoms with E-state index in [0.717, 1.165) is 26.5 Å². The van der Waals surface area contributed by atoms with Crippen molar-refractivity contribution in [3.05, 3.63) is 120 Å². The van der Waals surface area contributed by atoms with Crippen molar-refractivity contribution in [3.63, 3.8) is 0 Å². The van der Waals surface area contributed by atoms with Crippen molar-refractivity contribution >= 4 is 146 Å². The Morgan fingerprint density at radius 3 is 1.83 bits per heavy atom. The number of unbranched alkanes of at least 4 members (excludes halogenated alkanes) is 1. The van der Waals surface area contributed by atoms with Gasteiger partial charge in [0.1, 0.15) is 84.1 Å². The highest BCUT2D eigenvalue weighted by Gasteiger charge is 2.65. The SMILES string of the molecule is CCCC[C@H]1C(=O)N(C)C2(C[C@H]2CCC)C(=O)N[C@@H](CCCNC(=N)N)C(=O)N[C@H](C(=O)NCC(N)=O)CSCC(=O)N[C@H]2Cc3ccccc3N(C2=O)[C@@H](C)C(=O)N[C@@H](CC(N)=O)C(=O)N2CCC[C@H]2C(=O)N[C@@H](Cc2cnc[nH]2)C(=O)N[C@@H](CC(C)C)C(=O)N2CC(F)(F)C[C@H]2C(=O)N[C@@H](Cc2c[nH]c3ccccc23)C(=O)N[C@@H](CO)C(=O)N[C@@H](Cc2c[nH]c3ccccc23)C(=O)N1C. The zero-order valence-electron chi connectivity index (χ0n) is 76.8. The Morgan fingerprint density at radius 2 is 1.21 bits per heavy atom. The van der Waals surface area contributed by atoms with Crippen LogP contribution in [0.2, 0.25) is 0 Å². The molecular weight excluding hydrogens is 1790 g/mol. The van der Waals surface area contributed by atoms with Gasteiger partial charge in [-0.1, -0.05) is 102 Å². The van der Waals surface area contributed by atoms with Gasteiger partial charge < -0.3 is 115 Å². The van der Waals surface area contributed by atoms with Gasteiger partial charge in [-0.25, -0.2) is 13.8 Å². The maximum atomic E-state index is 16.4. The highest BCUT2D eigenvalue weighted by molar-refractivity contribution is 8.00. The first-order valence-electron chi connectivity index (χ1n) is 45.6. The summed E-state index contributed by atoms with van der Waals surface area (Å²) in [6.07, 6.45) is 3.70. The molecule has 5 aliphatic rings. The molecule has 22 N–H and O–H groups in total. The molecule has 6 aromatic rings. The summed E-state index contributed by atoms with van der Waals surface area (Å²) in [7, 11) is 2.72. The second kappa shape index (κ2) is 46.1. The van der Waals surface area contributed by atoms with Crippen LogP contribution in [0.5, 0.6) is 0 Å². The lowest BCUT2D eigenvalue weighted by Crippen LogP contribution is -2.62. The average molecular weight is 1910 g/mol. The number of fused-ring (bicyclic) bond motifs is 8. The number of halogens is 2. The van der Waals surface area contributed by atoms with E-state index in [1.807, 2.05) is 13.8 Å². The van der Waals surface area contributed by atoms with Gasteiger partial charge in [-0.3, -0.25) is 91.8 Å². The van der Waals surface area contributed by atoms with Crippen LogP contribution < -0.4 is 80.6 Å². The predicted octanol–water partition coefficient (Wildman–Crippen LogP) is -1.47. The zero-order valence-corrected chi connectivity index (χ0v) is 77.7. The van der Waals surface area contributed by atoms with E-state index in [4.69, 9.17) is 22.6 Å². The first-order chi connectivity index (χ1) is 64.8. The van der Waals surface area contributed by atoms with Crippen LogP contribution in [-0.2, 0) is 107 Å². The molecule has 1 aliphatic carbocycles. The number of carbonyl (C=O) groups is 17. The molecule has 11 rings (SSSR count). The quantitative estimate of drug-likeness (QED) is 0.0198. The van der Waals surface area contributed by atoms with Crippen LogP contribution >= 0.6 is 11.8 Å². The third kappa shape index (κ3) is 25.3. The highest BCUT2D eigenvalue weighted by atomic mass is 32.2. The number of aliphatic hydroxyl groups is 1. The van der Waals surface area contributed by atoms with Crippen molar-refractivity contribution < 1.29 is 95.4 Å². The maximum absolute atomic E-state index is 16.4. The fourth-order valence-corrected chi connectivity index (χ4v) is 19.1. The van der Waals surface area contributed by atoms with Crippen LogP contribution in [0.4, 0.5) is 14.5 Å². The van der Waals surface area contributed by atoms with Crippen LogP contribution in [0.3, 0.4) is 0 Å². The second-order valence-corrected chi connectivity index (χ2v) is 36.7. The molecule has 1 spiro atoms. The Balaban J connectivity index is 0.957. The third-order valence-electron chi connectivity index (χ3n) is 25.4. The number of thioether (sulfide) groups is 1. The number of alkyl halides is 2. The van der Waals surface area contributed by atoms with Crippen molar-refractivity contribution in [2.24, 2.45) is 29.0 Å². The topological polar surface area (TPSA) is 621 Å². The number of hydrogen-bond donors (Lipinski definition) is 19. The zero-order chi connectivity index (χ0) is 98.7. The summed E-state index contributed by atoms with van der Waals surface area (Å²) in [5, 5.41) is 49.0. The summed E-state index contributed by atoms with van der Waals surface area (Å²) >= 11 is 0.792. The number of likely N-dealkylation sites (N-methyl/N-ethyl adjacent to an activating group) is 2. The highest BCUT2D eigenvalue weighted by Crippen LogP contribution is 2.52. The lowest BCUT2D eigenvalue weighted by Gasteiger charge is -2.38. The van der Waals surface area contributed by atoms with Gasteiger partial charge in [-0.15, -0.1) is 11.8 Å². The molecule has 3 aromatic carbocycles. The number of anilines is 1. The number of rotatable bonds is 23. The molecule has 1 unspecified atom stereocenters. The van der Waals surface area contributed by atoms with Gasteiger partial charge in [0.2, 0.25) is 94.5 Å². The number of primary amides is 2. The Bertz CT molecular complexity index is 5440. The minimum Gasteiger partial charge on any atom is -0.394 e. The van der Waals surface area contributed by atoms with E-state index >= 15 is 51.9 Å². The summed E-state index contributed by atoms with van der Waals surface area (Å²) in [6.45, 7) is 4.90. The molecule has 15 atom stereocenters. The standard InChI is InChI=1S/C91H122F2N24O18S/c1-8-10-26-70-87(134)114(7)91(37-53(91)19-9-2)88(135)112-59(25-17-29-99-89(96)97)77(124)111-67(76(123)102-42-73(95)120)44-136-45-74(121)104-64-32-50-20-11-16-27-68(50)117(86(64)133)49(5)75(122)107-65(36-72(94)119)84(131)115-30-18-28-69(115)81(128)106-61(35-54-41-98-47-103-54)79(126)108-62(31-48(3)4)85(132)116-46-90(92,93)38-71(116)82(129)105-60(33-51-39-100-57-23-14-12-21-55(51)57)78(125)110-66(43-118)80(127)109-63(83(130)113(70)6)34-52-40-101-58-24-15-13-22-56(52)58/h11-16,20-24,27,39-41,47-49,53,59-67,69-71,100-101,118H,8-10,17-19,25-26,28-38,42-46H2,1-7H3,(H2,94,119)(H2,95,120)(H,98,103)(H,102,123)(H,104,121)(H,105,129)(H,106,128)(H,107,122)(H,108,126)(H,109,127)(H,110,125)(H,111,124)(H,112,135)(H4,96,97,99)/t49-,53+,59-,60-,61-,62-,63-,64-,65-,66-,67-,69-,70-,71-,91?/m0/s1. The van der Waals surface area contributed by atoms with E-state index in [9.17, 15) is 43.5 Å². The average Bonchev–Trinajstić information content (AvgIpc) is 1.55. The fraction of sp³-hybridized carbons (Fsp3) is 0.527. The molecule has 136 heavy (non-hydrogen) atoms. The number of imidazole rings is 1. The second-order valence-electron chi connectivity index (χ2n) is 35.7. The number of para-hydroxylation sites is 3. The first-order valence-corrected chi connectivity index (χ1v) is 46.8. The Kier molecular flexibility index (Phi) is 34.9.